The van der Waals surface area contributed by atoms with Crippen LogP contribution in [0.25, 0.3) is 17.4 Å². The molecule has 4 saturated carbocycles. The van der Waals surface area contributed by atoms with Gasteiger partial charge >= 0.3 is 0 Å². The summed E-state index contributed by atoms with van der Waals surface area (Å²) in [5.74, 6) is 2.55. The van der Waals surface area contributed by atoms with Crippen LogP contribution in [0.1, 0.15) is 49.8 Å². The highest BCUT2D eigenvalue weighted by atomic mass is 32.2. The summed E-state index contributed by atoms with van der Waals surface area (Å²) in [5.41, 5.74) is 3.73. The van der Waals surface area contributed by atoms with Crippen molar-refractivity contribution in [2.24, 2.45) is 23.2 Å². The molecule has 5 fully saturated rings. The van der Waals surface area contributed by atoms with E-state index >= 15 is 0 Å². The van der Waals surface area contributed by atoms with E-state index in [1.165, 1.54) is 24.3 Å². The first-order chi connectivity index (χ1) is 16.4. The molecule has 4 bridgehead atoms. The molecule has 8 heteroatoms. The molecule has 1 aliphatic heterocycles. The van der Waals surface area contributed by atoms with Gasteiger partial charge in [-0.05, 0) is 92.8 Å². The molecule has 0 spiro atoms. The number of rotatable bonds is 4. The fraction of sp³-hybridized carbons (Fsp3) is 0.385. The number of carbonyl (C=O) groups excluding carboxylic acids is 2. The summed E-state index contributed by atoms with van der Waals surface area (Å²) < 4.78 is 6.21. The van der Waals surface area contributed by atoms with Crippen LogP contribution in [0, 0.1) is 34.5 Å². The lowest BCUT2D eigenvalue weighted by atomic mass is 9.49. The molecule has 7 rings (SSSR count). The Hall–Kier alpha value is -2.89. The molecule has 2 heterocycles. The number of amides is 2. The lowest BCUT2D eigenvalue weighted by molar-refractivity contribution is -0.152. The number of nitriles is 1. The summed E-state index contributed by atoms with van der Waals surface area (Å²) in [6, 6.07) is 12.9. The van der Waals surface area contributed by atoms with E-state index in [1.54, 1.807) is 30.3 Å². The standard InChI is InChI=1S/C26H23N3O3S2/c27-14-18-3-1-2-4-20(18)21-6-5-19(32-21)10-22-23(30)29(25(33)34-22)28-24(31)26-11-15-7-16(12-26)9-17(8-15)13-26/h1-6,10,15-17H,7-9,11-13H2,(H,28,31). The SMILES string of the molecule is N#Cc1ccccc1-c1ccc(C=C2SC(=S)N(NC(=O)C34CC5CC(CC(C5)C3)C4)C2=O)o1. The summed E-state index contributed by atoms with van der Waals surface area (Å²) in [5, 5.41) is 10.6. The van der Waals surface area contributed by atoms with E-state index in [1.807, 2.05) is 12.1 Å². The van der Waals surface area contributed by atoms with Gasteiger partial charge in [0.2, 0.25) is 5.91 Å². The normalized spacial score (nSPS) is 30.7. The Morgan fingerprint density at radius 3 is 2.50 bits per heavy atom. The van der Waals surface area contributed by atoms with Crippen LogP contribution < -0.4 is 5.43 Å². The average Bonchev–Trinajstić information content (AvgIpc) is 3.38. The molecule has 1 aromatic heterocycles. The molecule has 2 aromatic rings. The number of benzene rings is 1. The first kappa shape index (κ1) is 21.6. The van der Waals surface area contributed by atoms with Gasteiger partial charge in [-0.1, -0.05) is 23.9 Å². The number of hydrogen-bond acceptors (Lipinski definition) is 6. The number of furan rings is 1. The summed E-state index contributed by atoms with van der Waals surface area (Å²) in [7, 11) is 0. The van der Waals surface area contributed by atoms with Crippen LogP contribution in [0.15, 0.2) is 45.7 Å². The number of carbonyl (C=O) groups is 2. The number of nitrogens with one attached hydrogen (secondary N) is 1. The molecule has 0 unspecified atom stereocenters. The average molecular weight is 490 g/mol. The summed E-state index contributed by atoms with van der Waals surface area (Å²) >= 11 is 6.58. The van der Waals surface area contributed by atoms with Gasteiger partial charge in [-0.25, -0.2) is 0 Å². The molecule has 4 aliphatic carbocycles. The van der Waals surface area contributed by atoms with E-state index in [-0.39, 0.29) is 17.2 Å². The van der Waals surface area contributed by atoms with Gasteiger partial charge < -0.3 is 4.42 Å². The van der Waals surface area contributed by atoms with Gasteiger partial charge in [-0.15, -0.1) is 0 Å². The van der Waals surface area contributed by atoms with Crippen molar-refractivity contribution < 1.29 is 14.0 Å². The Kier molecular flexibility index (Phi) is 5.16. The third kappa shape index (κ3) is 3.58. The van der Waals surface area contributed by atoms with Gasteiger partial charge in [0.15, 0.2) is 4.32 Å². The first-order valence-corrected chi connectivity index (χ1v) is 12.8. The summed E-state index contributed by atoms with van der Waals surface area (Å²) in [6.45, 7) is 0. The second kappa shape index (κ2) is 8.10. The summed E-state index contributed by atoms with van der Waals surface area (Å²) in [6.07, 6.45) is 8.16. The van der Waals surface area contributed by atoms with Crippen molar-refractivity contribution >= 4 is 46.2 Å². The molecule has 0 atom stereocenters. The molecular formula is C26H23N3O3S2. The van der Waals surface area contributed by atoms with Crippen LogP contribution in [-0.2, 0) is 9.59 Å². The molecule has 172 valence electrons. The monoisotopic (exact) mass is 489 g/mol. The van der Waals surface area contributed by atoms with Gasteiger partial charge in [-0.3, -0.25) is 15.0 Å². The topological polar surface area (TPSA) is 86.3 Å². The van der Waals surface area contributed by atoms with Gasteiger partial charge in [-0.2, -0.15) is 10.3 Å². The van der Waals surface area contributed by atoms with Crippen molar-refractivity contribution in [3.63, 3.8) is 0 Å². The Bertz CT molecular complexity index is 1250. The highest BCUT2D eigenvalue weighted by Gasteiger charge is 2.55. The molecule has 1 saturated heterocycles. The minimum Gasteiger partial charge on any atom is -0.457 e. The predicted octanol–water partition coefficient (Wildman–Crippen LogP) is 5.27. The van der Waals surface area contributed by atoms with Crippen LogP contribution >= 0.6 is 24.0 Å². The van der Waals surface area contributed by atoms with Crippen LogP contribution in [0.2, 0.25) is 0 Å². The van der Waals surface area contributed by atoms with Crippen LogP contribution in [0.3, 0.4) is 0 Å². The largest absolute Gasteiger partial charge is 0.457 e. The lowest BCUT2D eigenvalue weighted by Gasteiger charge is -2.55. The maximum Gasteiger partial charge on any atom is 0.285 e. The van der Waals surface area contributed by atoms with Crippen LogP contribution in [0.4, 0.5) is 0 Å². The third-order valence-electron chi connectivity index (χ3n) is 7.74. The maximum atomic E-state index is 13.4. The van der Waals surface area contributed by atoms with E-state index in [9.17, 15) is 14.9 Å². The van der Waals surface area contributed by atoms with Crippen molar-refractivity contribution in [1.82, 2.24) is 10.4 Å². The van der Waals surface area contributed by atoms with E-state index in [2.05, 4.69) is 11.5 Å². The summed E-state index contributed by atoms with van der Waals surface area (Å²) in [4.78, 5) is 26.9. The molecule has 6 nitrogen and oxygen atoms in total. The van der Waals surface area contributed by atoms with Crippen molar-refractivity contribution in [2.75, 3.05) is 0 Å². The van der Waals surface area contributed by atoms with Gasteiger partial charge in [0.05, 0.1) is 22.0 Å². The second-order valence-electron chi connectivity index (χ2n) is 10.0. The Balaban J connectivity index is 1.19. The Morgan fingerprint density at radius 2 is 1.82 bits per heavy atom. The lowest BCUT2D eigenvalue weighted by Crippen LogP contribution is -2.57. The fourth-order valence-electron chi connectivity index (χ4n) is 6.67. The number of nitrogens with zero attached hydrogens (tertiary/aromatic N) is 2. The van der Waals surface area contributed by atoms with E-state index in [4.69, 9.17) is 16.6 Å². The Labute approximate surface area is 207 Å². The Morgan fingerprint density at radius 1 is 1.15 bits per heavy atom. The predicted molar refractivity (Wildman–Crippen MR) is 133 cm³/mol. The van der Waals surface area contributed by atoms with Gasteiger partial charge in [0.1, 0.15) is 11.5 Å². The van der Waals surface area contributed by atoms with Crippen LogP contribution in [-0.4, -0.2) is 21.1 Å². The first-order valence-electron chi connectivity index (χ1n) is 11.6. The second-order valence-corrected chi connectivity index (χ2v) is 11.7. The molecular weight excluding hydrogens is 466 g/mol. The van der Waals surface area contributed by atoms with Gasteiger partial charge in [0.25, 0.3) is 5.91 Å². The molecule has 0 radical (unpaired) electrons. The van der Waals surface area contributed by atoms with Gasteiger partial charge in [0, 0.05) is 11.6 Å². The number of thiocarbonyl (C=S) groups is 1. The third-order valence-corrected chi connectivity index (χ3v) is 9.04. The molecule has 5 aliphatic rings. The fourth-order valence-corrected chi connectivity index (χ4v) is 7.83. The molecule has 34 heavy (non-hydrogen) atoms. The quantitative estimate of drug-likeness (QED) is 0.465. The molecule has 1 N–H and O–H groups in total. The maximum absolute atomic E-state index is 13.4. The zero-order chi connectivity index (χ0) is 23.4. The highest BCUT2D eigenvalue weighted by Crippen LogP contribution is 2.60. The van der Waals surface area contributed by atoms with E-state index < -0.39 is 0 Å². The highest BCUT2D eigenvalue weighted by molar-refractivity contribution is 8.26. The minimum absolute atomic E-state index is 0.0578. The number of hydrogen-bond donors (Lipinski definition) is 1. The zero-order valence-electron chi connectivity index (χ0n) is 18.5. The van der Waals surface area contributed by atoms with Crippen molar-refractivity contribution in [3.8, 4) is 17.4 Å². The van der Waals surface area contributed by atoms with Crippen LogP contribution in [0.5, 0.6) is 0 Å². The molecule has 1 aromatic carbocycles. The van der Waals surface area contributed by atoms with Crippen molar-refractivity contribution in [2.45, 2.75) is 38.5 Å². The smallest absolute Gasteiger partial charge is 0.285 e. The van der Waals surface area contributed by atoms with E-state index in [0.717, 1.165) is 31.0 Å². The van der Waals surface area contributed by atoms with E-state index in [0.29, 0.717) is 49.6 Å². The van der Waals surface area contributed by atoms with Crippen molar-refractivity contribution in [3.05, 3.63) is 52.6 Å². The number of hydrazine groups is 1. The minimum atomic E-state index is -0.355. The van der Waals surface area contributed by atoms with Crippen molar-refractivity contribution in [1.29, 1.82) is 5.26 Å². The zero-order valence-corrected chi connectivity index (χ0v) is 20.1. The number of thioether (sulfide) groups is 1. The molecule has 2 amide bonds.